The SMILES string of the molecule is CC(O)Cn1cnnc1CC1CC2CCC(C1)N2. The lowest BCUT2D eigenvalue weighted by Gasteiger charge is -2.28. The number of piperidine rings is 1. The van der Waals surface area contributed by atoms with E-state index in [1.54, 1.807) is 13.3 Å². The summed E-state index contributed by atoms with van der Waals surface area (Å²) < 4.78 is 1.99. The molecule has 0 radical (unpaired) electrons. The number of nitrogens with zero attached hydrogens (tertiary/aromatic N) is 3. The Bertz CT molecular complexity index is 391. The van der Waals surface area contributed by atoms with Crippen molar-refractivity contribution >= 4 is 0 Å². The molecular weight excluding hydrogens is 228 g/mol. The average molecular weight is 250 g/mol. The molecule has 2 saturated heterocycles. The lowest BCUT2D eigenvalue weighted by atomic mass is 9.89. The van der Waals surface area contributed by atoms with E-state index < -0.39 is 0 Å². The highest BCUT2D eigenvalue weighted by molar-refractivity contribution is 4.97. The fraction of sp³-hybridized carbons (Fsp3) is 0.846. The third kappa shape index (κ3) is 2.57. The maximum absolute atomic E-state index is 9.46. The maximum atomic E-state index is 9.46. The minimum absolute atomic E-state index is 0.344. The first-order chi connectivity index (χ1) is 8.70. The van der Waals surface area contributed by atoms with Crippen molar-refractivity contribution < 1.29 is 5.11 Å². The summed E-state index contributed by atoms with van der Waals surface area (Å²) in [6.07, 6.45) is 7.59. The standard InChI is InChI=1S/C13H22N4O/c1-9(18)7-17-8-14-16-13(17)6-10-4-11-2-3-12(5-10)15-11/h8-12,15,18H,2-7H2,1H3. The smallest absolute Gasteiger partial charge is 0.133 e. The fourth-order valence-corrected chi connectivity index (χ4v) is 3.47. The number of aliphatic hydroxyl groups excluding tert-OH is 1. The zero-order valence-corrected chi connectivity index (χ0v) is 10.9. The Kier molecular flexibility index (Phi) is 3.35. The number of aromatic nitrogens is 3. The molecule has 0 aliphatic carbocycles. The summed E-state index contributed by atoms with van der Waals surface area (Å²) in [5, 5.41) is 21.3. The van der Waals surface area contributed by atoms with Gasteiger partial charge in [0.15, 0.2) is 0 Å². The molecule has 18 heavy (non-hydrogen) atoms. The van der Waals surface area contributed by atoms with Crippen LogP contribution >= 0.6 is 0 Å². The summed E-state index contributed by atoms with van der Waals surface area (Å²) in [7, 11) is 0. The Hall–Kier alpha value is -0.940. The minimum Gasteiger partial charge on any atom is -0.392 e. The third-order valence-corrected chi connectivity index (χ3v) is 4.20. The van der Waals surface area contributed by atoms with Gasteiger partial charge in [-0.25, -0.2) is 0 Å². The molecule has 2 N–H and O–H groups in total. The van der Waals surface area contributed by atoms with Gasteiger partial charge in [0.25, 0.3) is 0 Å². The van der Waals surface area contributed by atoms with Crippen molar-refractivity contribution in [2.24, 2.45) is 5.92 Å². The summed E-state index contributed by atoms with van der Waals surface area (Å²) in [4.78, 5) is 0. The van der Waals surface area contributed by atoms with Gasteiger partial charge in [0, 0.05) is 18.5 Å². The second-order valence-electron chi connectivity index (χ2n) is 5.93. The van der Waals surface area contributed by atoms with E-state index >= 15 is 0 Å². The number of nitrogens with one attached hydrogen (secondary N) is 1. The van der Waals surface area contributed by atoms with Crippen LogP contribution < -0.4 is 5.32 Å². The molecular formula is C13H22N4O. The predicted octanol–water partition coefficient (Wildman–Crippen LogP) is 0.732. The van der Waals surface area contributed by atoms with Crippen molar-refractivity contribution in [1.29, 1.82) is 0 Å². The van der Waals surface area contributed by atoms with E-state index in [4.69, 9.17) is 0 Å². The normalized spacial score (nSPS) is 32.7. The van der Waals surface area contributed by atoms with Gasteiger partial charge >= 0.3 is 0 Å². The van der Waals surface area contributed by atoms with Crippen molar-refractivity contribution in [1.82, 2.24) is 20.1 Å². The molecule has 3 unspecified atom stereocenters. The van der Waals surface area contributed by atoms with Crippen LogP contribution in [0, 0.1) is 5.92 Å². The highest BCUT2D eigenvalue weighted by Crippen LogP contribution is 2.32. The average Bonchev–Trinajstić information content (AvgIpc) is 2.86. The highest BCUT2D eigenvalue weighted by atomic mass is 16.3. The molecule has 0 saturated carbocycles. The third-order valence-electron chi connectivity index (χ3n) is 4.20. The van der Waals surface area contributed by atoms with Crippen molar-refractivity contribution in [2.75, 3.05) is 0 Å². The lowest BCUT2D eigenvalue weighted by Crippen LogP contribution is -2.38. The fourth-order valence-electron chi connectivity index (χ4n) is 3.47. The van der Waals surface area contributed by atoms with Crippen LogP contribution in [-0.4, -0.2) is 38.1 Å². The molecule has 5 heteroatoms. The van der Waals surface area contributed by atoms with Crippen LogP contribution in [0.4, 0.5) is 0 Å². The van der Waals surface area contributed by atoms with E-state index in [1.807, 2.05) is 4.57 Å². The molecule has 2 aliphatic rings. The van der Waals surface area contributed by atoms with E-state index in [2.05, 4.69) is 15.5 Å². The highest BCUT2D eigenvalue weighted by Gasteiger charge is 2.33. The molecule has 0 aromatic carbocycles. The van der Waals surface area contributed by atoms with Crippen LogP contribution in [0.3, 0.4) is 0 Å². The quantitative estimate of drug-likeness (QED) is 0.827. The Morgan fingerprint density at radius 2 is 2.17 bits per heavy atom. The van der Waals surface area contributed by atoms with Gasteiger partial charge in [-0.2, -0.15) is 0 Å². The van der Waals surface area contributed by atoms with Gasteiger partial charge < -0.3 is 15.0 Å². The van der Waals surface area contributed by atoms with Crippen LogP contribution in [0.5, 0.6) is 0 Å². The molecule has 3 rings (SSSR count). The first-order valence-corrected chi connectivity index (χ1v) is 7.01. The number of hydrogen-bond acceptors (Lipinski definition) is 4. The summed E-state index contributed by atoms with van der Waals surface area (Å²) in [6.45, 7) is 2.40. The monoisotopic (exact) mass is 250 g/mol. The Balaban J connectivity index is 1.64. The molecule has 2 fully saturated rings. The first kappa shape index (κ1) is 12.1. The van der Waals surface area contributed by atoms with E-state index in [0.29, 0.717) is 6.54 Å². The molecule has 2 aliphatic heterocycles. The molecule has 3 atom stereocenters. The molecule has 3 heterocycles. The van der Waals surface area contributed by atoms with Gasteiger partial charge in [-0.05, 0) is 38.5 Å². The molecule has 0 amide bonds. The van der Waals surface area contributed by atoms with Crippen molar-refractivity contribution in [3.05, 3.63) is 12.2 Å². The number of fused-ring (bicyclic) bond motifs is 2. The van der Waals surface area contributed by atoms with Crippen LogP contribution in [0.1, 0.15) is 38.4 Å². The lowest BCUT2D eigenvalue weighted by molar-refractivity contribution is 0.171. The minimum atomic E-state index is -0.344. The van der Waals surface area contributed by atoms with Crippen LogP contribution in [-0.2, 0) is 13.0 Å². The van der Waals surface area contributed by atoms with Gasteiger partial charge in [0.2, 0.25) is 0 Å². The van der Waals surface area contributed by atoms with E-state index in [9.17, 15) is 5.11 Å². The van der Waals surface area contributed by atoms with Gasteiger partial charge in [-0.3, -0.25) is 0 Å². The second kappa shape index (κ2) is 4.97. The Morgan fingerprint density at radius 1 is 1.44 bits per heavy atom. The first-order valence-electron chi connectivity index (χ1n) is 7.01. The van der Waals surface area contributed by atoms with Crippen molar-refractivity contribution in [3.8, 4) is 0 Å². The Morgan fingerprint density at radius 3 is 2.83 bits per heavy atom. The molecule has 5 nitrogen and oxygen atoms in total. The maximum Gasteiger partial charge on any atom is 0.133 e. The van der Waals surface area contributed by atoms with Crippen molar-refractivity contribution in [2.45, 2.75) is 63.8 Å². The zero-order chi connectivity index (χ0) is 12.5. The van der Waals surface area contributed by atoms with E-state index in [0.717, 1.165) is 30.2 Å². The van der Waals surface area contributed by atoms with Crippen LogP contribution in [0.15, 0.2) is 6.33 Å². The Labute approximate surface area is 108 Å². The topological polar surface area (TPSA) is 63.0 Å². The summed E-state index contributed by atoms with van der Waals surface area (Å²) in [5.41, 5.74) is 0. The van der Waals surface area contributed by atoms with Crippen molar-refractivity contribution in [3.63, 3.8) is 0 Å². The predicted molar refractivity (Wildman–Crippen MR) is 68.1 cm³/mol. The molecule has 1 aromatic heterocycles. The molecule has 100 valence electrons. The largest absolute Gasteiger partial charge is 0.392 e. The second-order valence-corrected chi connectivity index (χ2v) is 5.93. The van der Waals surface area contributed by atoms with E-state index in [-0.39, 0.29) is 6.10 Å². The molecule has 1 aromatic rings. The number of rotatable bonds is 4. The van der Waals surface area contributed by atoms with Gasteiger partial charge in [0.1, 0.15) is 12.2 Å². The van der Waals surface area contributed by atoms with Gasteiger partial charge in [-0.15, -0.1) is 10.2 Å². The van der Waals surface area contributed by atoms with Gasteiger partial charge in [0.05, 0.1) is 12.6 Å². The van der Waals surface area contributed by atoms with E-state index in [1.165, 1.54) is 25.7 Å². The summed E-state index contributed by atoms with van der Waals surface area (Å²) in [6, 6.07) is 1.45. The zero-order valence-electron chi connectivity index (χ0n) is 10.9. The molecule has 0 spiro atoms. The van der Waals surface area contributed by atoms with Gasteiger partial charge in [-0.1, -0.05) is 0 Å². The summed E-state index contributed by atoms with van der Waals surface area (Å²) >= 11 is 0. The number of hydrogen-bond donors (Lipinski definition) is 2. The summed E-state index contributed by atoms with van der Waals surface area (Å²) in [5.74, 6) is 1.75. The van der Waals surface area contributed by atoms with Crippen LogP contribution in [0.2, 0.25) is 0 Å². The molecule has 2 bridgehead atoms. The van der Waals surface area contributed by atoms with Crippen LogP contribution in [0.25, 0.3) is 0 Å². The number of aliphatic hydroxyl groups is 1.